The first kappa shape index (κ1) is 7.84. The van der Waals surface area contributed by atoms with Crippen LogP contribution in [-0.4, -0.2) is 35.3 Å². The molecule has 4 nitrogen and oxygen atoms in total. The van der Waals surface area contributed by atoms with Crippen LogP contribution >= 0.6 is 0 Å². The third-order valence-electron chi connectivity index (χ3n) is 0.930. The summed E-state index contributed by atoms with van der Waals surface area (Å²) in [5.74, 6) is 0. The molecule has 0 aliphatic rings. The Balaban J connectivity index is 3.10. The van der Waals surface area contributed by atoms with Crippen LogP contribution in [0.3, 0.4) is 0 Å². The number of hydrogen-bond donors (Lipinski definition) is 3. The maximum absolute atomic E-state index is 8.20. The first-order valence-corrected chi connectivity index (χ1v) is 2.49. The third kappa shape index (κ3) is 4.01. The fourth-order valence-corrected chi connectivity index (χ4v) is 0.336. The molecule has 0 bridgehead atoms. The molecule has 0 aromatic rings. The van der Waals surface area contributed by atoms with Gasteiger partial charge in [-0.15, -0.1) is 0 Å². The average Bonchev–Trinajstić information content (AvgIpc) is 1.65. The van der Waals surface area contributed by atoms with Crippen LogP contribution in [0.5, 0.6) is 0 Å². The van der Waals surface area contributed by atoms with E-state index in [1.165, 1.54) is 0 Å². The molecule has 0 spiro atoms. The number of likely N-dealkylation sites (N-methyl/N-ethyl adjacent to an activating group) is 1. The Hall–Kier alpha value is -0.160. The minimum absolute atomic E-state index is 0.102. The highest BCUT2D eigenvalue weighted by molar-refractivity contribution is 4.54. The molecule has 0 saturated heterocycles. The Morgan fingerprint density at radius 3 is 2.25 bits per heavy atom. The first-order chi connectivity index (χ1) is 3.66. The summed E-state index contributed by atoms with van der Waals surface area (Å²) in [5.41, 5.74) is 0. The standard InChI is InChI=1S/C4H12N2O2/c1-4(5-2)3-6(7)8/h4-5,7-8H,3H2,1-2H3. The van der Waals surface area contributed by atoms with Gasteiger partial charge >= 0.3 is 0 Å². The van der Waals surface area contributed by atoms with Gasteiger partial charge in [0, 0.05) is 6.04 Å². The van der Waals surface area contributed by atoms with Gasteiger partial charge in [-0.1, -0.05) is 5.23 Å². The third-order valence-corrected chi connectivity index (χ3v) is 0.930. The monoisotopic (exact) mass is 120 g/mol. The summed E-state index contributed by atoms with van der Waals surface area (Å²) in [7, 11) is 1.76. The summed E-state index contributed by atoms with van der Waals surface area (Å²) >= 11 is 0. The van der Waals surface area contributed by atoms with Crippen molar-refractivity contribution in [3.8, 4) is 0 Å². The molecule has 1 atom stereocenters. The SMILES string of the molecule is CNC(C)CN(O)O. The molecule has 0 aromatic heterocycles. The quantitative estimate of drug-likeness (QED) is 0.446. The van der Waals surface area contributed by atoms with Crippen LogP contribution in [0.1, 0.15) is 6.92 Å². The van der Waals surface area contributed by atoms with E-state index in [0.717, 1.165) is 0 Å². The van der Waals surface area contributed by atoms with Crippen molar-refractivity contribution in [3.05, 3.63) is 0 Å². The fraction of sp³-hybridized carbons (Fsp3) is 1.00. The largest absolute Gasteiger partial charge is 0.316 e. The van der Waals surface area contributed by atoms with Crippen LogP contribution in [0.25, 0.3) is 0 Å². The molecular weight excluding hydrogens is 108 g/mol. The van der Waals surface area contributed by atoms with Crippen molar-refractivity contribution in [1.29, 1.82) is 0 Å². The van der Waals surface area contributed by atoms with E-state index in [4.69, 9.17) is 10.4 Å². The Morgan fingerprint density at radius 2 is 2.12 bits per heavy atom. The number of nitrogens with zero attached hydrogens (tertiary/aromatic N) is 1. The van der Waals surface area contributed by atoms with E-state index in [9.17, 15) is 0 Å². The van der Waals surface area contributed by atoms with Gasteiger partial charge in [0.2, 0.25) is 0 Å². The van der Waals surface area contributed by atoms with E-state index >= 15 is 0 Å². The summed E-state index contributed by atoms with van der Waals surface area (Å²) in [6, 6.07) is 0.102. The topological polar surface area (TPSA) is 55.7 Å². The van der Waals surface area contributed by atoms with Crippen LogP contribution in [-0.2, 0) is 0 Å². The Bertz CT molecular complexity index is 58.0. The molecule has 0 fully saturated rings. The second kappa shape index (κ2) is 3.80. The molecule has 0 aliphatic heterocycles. The van der Waals surface area contributed by atoms with E-state index in [0.29, 0.717) is 0 Å². The Labute approximate surface area is 48.6 Å². The molecular formula is C4H12N2O2. The highest BCUT2D eigenvalue weighted by Gasteiger charge is 1.99. The maximum Gasteiger partial charge on any atom is 0.0663 e. The lowest BCUT2D eigenvalue weighted by atomic mass is 10.3. The van der Waals surface area contributed by atoms with E-state index in [2.05, 4.69) is 5.32 Å². The van der Waals surface area contributed by atoms with Crippen LogP contribution in [0, 0.1) is 0 Å². The lowest BCUT2D eigenvalue weighted by Crippen LogP contribution is -2.33. The summed E-state index contributed by atoms with van der Waals surface area (Å²) in [6.45, 7) is 2.07. The van der Waals surface area contributed by atoms with Gasteiger partial charge in [-0.3, -0.25) is 10.4 Å². The average molecular weight is 120 g/mol. The van der Waals surface area contributed by atoms with E-state index in [1.807, 2.05) is 6.92 Å². The van der Waals surface area contributed by atoms with Crippen LogP contribution in [0.4, 0.5) is 0 Å². The zero-order chi connectivity index (χ0) is 6.57. The Morgan fingerprint density at radius 1 is 1.62 bits per heavy atom. The molecule has 8 heavy (non-hydrogen) atoms. The van der Waals surface area contributed by atoms with Crippen molar-refractivity contribution in [2.24, 2.45) is 0 Å². The van der Waals surface area contributed by atoms with Crippen molar-refractivity contribution < 1.29 is 10.4 Å². The van der Waals surface area contributed by atoms with Gasteiger partial charge < -0.3 is 5.32 Å². The lowest BCUT2D eigenvalue weighted by molar-refractivity contribution is -0.308. The van der Waals surface area contributed by atoms with Gasteiger partial charge in [-0.05, 0) is 14.0 Å². The minimum Gasteiger partial charge on any atom is -0.316 e. The highest BCUT2D eigenvalue weighted by Crippen LogP contribution is 1.80. The lowest BCUT2D eigenvalue weighted by Gasteiger charge is -2.11. The van der Waals surface area contributed by atoms with Crippen LogP contribution in [0.2, 0.25) is 0 Å². The van der Waals surface area contributed by atoms with Crippen molar-refractivity contribution in [1.82, 2.24) is 10.5 Å². The molecule has 0 aromatic carbocycles. The maximum atomic E-state index is 8.20. The molecule has 3 N–H and O–H groups in total. The predicted molar refractivity (Wildman–Crippen MR) is 28.8 cm³/mol. The number of hydrogen-bond acceptors (Lipinski definition) is 4. The molecule has 0 amide bonds. The molecule has 4 heteroatoms. The van der Waals surface area contributed by atoms with Gasteiger partial charge in [0.05, 0.1) is 6.54 Å². The summed E-state index contributed by atoms with van der Waals surface area (Å²) in [5, 5.41) is 19.4. The van der Waals surface area contributed by atoms with Gasteiger partial charge in [0.25, 0.3) is 0 Å². The van der Waals surface area contributed by atoms with Crippen LogP contribution in [0.15, 0.2) is 0 Å². The van der Waals surface area contributed by atoms with Gasteiger partial charge in [-0.25, -0.2) is 0 Å². The van der Waals surface area contributed by atoms with Gasteiger partial charge in [0.1, 0.15) is 0 Å². The molecule has 0 heterocycles. The van der Waals surface area contributed by atoms with Crippen molar-refractivity contribution in [2.75, 3.05) is 13.6 Å². The van der Waals surface area contributed by atoms with E-state index < -0.39 is 0 Å². The smallest absolute Gasteiger partial charge is 0.0663 e. The van der Waals surface area contributed by atoms with E-state index in [-0.39, 0.29) is 17.8 Å². The first-order valence-electron chi connectivity index (χ1n) is 2.49. The van der Waals surface area contributed by atoms with E-state index in [1.54, 1.807) is 7.05 Å². The second-order valence-corrected chi connectivity index (χ2v) is 1.74. The van der Waals surface area contributed by atoms with Crippen LogP contribution < -0.4 is 5.32 Å². The summed E-state index contributed by atoms with van der Waals surface area (Å²) in [4.78, 5) is 0. The van der Waals surface area contributed by atoms with Crippen molar-refractivity contribution in [3.63, 3.8) is 0 Å². The van der Waals surface area contributed by atoms with Gasteiger partial charge in [-0.2, -0.15) is 0 Å². The molecule has 1 unspecified atom stereocenters. The minimum atomic E-state index is 0.102. The summed E-state index contributed by atoms with van der Waals surface area (Å²) in [6.07, 6.45) is 0. The zero-order valence-electron chi connectivity index (χ0n) is 5.13. The zero-order valence-corrected chi connectivity index (χ0v) is 5.13. The van der Waals surface area contributed by atoms with Gasteiger partial charge in [0.15, 0.2) is 0 Å². The molecule has 0 aliphatic carbocycles. The molecule has 0 radical (unpaired) electrons. The number of nitrogens with one attached hydrogen (secondary N) is 1. The Kier molecular flexibility index (Phi) is 3.72. The van der Waals surface area contributed by atoms with Crippen molar-refractivity contribution >= 4 is 0 Å². The normalized spacial score (nSPS) is 14.6. The number of hydroxylamine groups is 2. The summed E-state index contributed by atoms with van der Waals surface area (Å²) < 4.78 is 0. The predicted octanol–water partition coefficient (Wildman–Crippen LogP) is -0.325. The highest BCUT2D eigenvalue weighted by atomic mass is 16.8. The fourth-order valence-electron chi connectivity index (χ4n) is 0.336. The molecule has 50 valence electrons. The van der Waals surface area contributed by atoms with Crippen molar-refractivity contribution in [2.45, 2.75) is 13.0 Å². The second-order valence-electron chi connectivity index (χ2n) is 1.74. The number of rotatable bonds is 3. The molecule has 0 rings (SSSR count). The molecule has 0 saturated carbocycles.